The van der Waals surface area contributed by atoms with Gasteiger partial charge < -0.3 is 21.1 Å². The van der Waals surface area contributed by atoms with Crippen molar-refractivity contribution in [3.8, 4) is 17.2 Å². The smallest absolute Gasteiger partial charge is 0.266 e. The first-order valence-electron chi connectivity index (χ1n) is 8.45. The van der Waals surface area contributed by atoms with Crippen molar-refractivity contribution < 1.29 is 9.53 Å². The number of pyridine rings is 1. The second kappa shape index (κ2) is 6.87. The molecule has 0 saturated carbocycles. The molecule has 0 spiro atoms. The summed E-state index contributed by atoms with van der Waals surface area (Å²) in [5, 5.41) is 10.2. The van der Waals surface area contributed by atoms with Gasteiger partial charge in [0, 0.05) is 24.0 Å². The third-order valence-corrected chi connectivity index (χ3v) is 5.66. The number of thiophene rings is 1. The number of amides is 1. The molecule has 1 aliphatic heterocycles. The lowest BCUT2D eigenvalue weighted by Gasteiger charge is -2.26. The predicted octanol–water partition coefficient (Wildman–Crippen LogP) is 2.47. The number of carbonyl (C=O) groups is 1. The van der Waals surface area contributed by atoms with Gasteiger partial charge in [0.2, 0.25) is 0 Å². The number of nitrogen functional groups attached to an aromatic ring is 2. The SMILES string of the molecule is N#Cc1c(N)nc2sc(C(=O)N3CCOCC3)c(N)c2c1-c1ccccc1. The van der Waals surface area contributed by atoms with Crippen LogP contribution in [0.2, 0.25) is 0 Å². The third-order valence-electron chi connectivity index (χ3n) is 4.57. The maximum absolute atomic E-state index is 13.0. The molecule has 27 heavy (non-hydrogen) atoms. The van der Waals surface area contributed by atoms with E-state index in [0.29, 0.717) is 52.6 Å². The molecule has 7 nitrogen and oxygen atoms in total. The highest BCUT2D eigenvalue weighted by Crippen LogP contribution is 2.42. The number of nitriles is 1. The minimum Gasteiger partial charge on any atom is -0.397 e. The molecule has 3 aromatic rings. The van der Waals surface area contributed by atoms with Crippen LogP contribution in [0.1, 0.15) is 15.2 Å². The predicted molar refractivity (Wildman–Crippen MR) is 105 cm³/mol. The van der Waals surface area contributed by atoms with Crippen LogP contribution in [0.25, 0.3) is 21.3 Å². The van der Waals surface area contributed by atoms with Crippen LogP contribution in [-0.2, 0) is 4.74 Å². The molecule has 1 aliphatic rings. The van der Waals surface area contributed by atoms with Crippen LogP contribution in [0.5, 0.6) is 0 Å². The largest absolute Gasteiger partial charge is 0.397 e. The average Bonchev–Trinajstić information content (AvgIpc) is 3.03. The summed E-state index contributed by atoms with van der Waals surface area (Å²) < 4.78 is 5.31. The van der Waals surface area contributed by atoms with Crippen molar-refractivity contribution in [2.24, 2.45) is 0 Å². The number of hydrogen-bond acceptors (Lipinski definition) is 7. The molecule has 8 heteroatoms. The normalized spacial score (nSPS) is 14.3. The number of hydrogen-bond donors (Lipinski definition) is 2. The molecule has 1 fully saturated rings. The van der Waals surface area contributed by atoms with E-state index in [9.17, 15) is 10.1 Å². The van der Waals surface area contributed by atoms with E-state index in [1.54, 1.807) is 4.90 Å². The number of carbonyl (C=O) groups excluding carboxylic acids is 1. The molecule has 1 amide bonds. The van der Waals surface area contributed by atoms with Crippen LogP contribution in [-0.4, -0.2) is 42.1 Å². The van der Waals surface area contributed by atoms with Gasteiger partial charge in [-0.1, -0.05) is 30.3 Å². The van der Waals surface area contributed by atoms with E-state index in [0.717, 1.165) is 5.56 Å². The number of morpholine rings is 1. The summed E-state index contributed by atoms with van der Waals surface area (Å²) in [5.74, 6) is -0.00892. The number of fused-ring (bicyclic) bond motifs is 1. The molecular weight excluding hydrogens is 362 g/mol. The zero-order valence-electron chi connectivity index (χ0n) is 14.4. The van der Waals surface area contributed by atoms with Gasteiger partial charge in [-0.3, -0.25) is 4.79 Å². The number of anilines is 2. The van der Waals surface area contributed by atoms with Gasteiger partial charge in [0.25, 0.3) is 5.91 Å². The molecule has 4 rings (SSSR count). The van der Waals surface area contributed by atoms with Crippen LogP contribution in [0.4, 0.5) is 11.5 Å². The lowest BCUT2D eigenvalue weighted by atomic mass is 9.97. The number of nitrogens with two attached hydrogens (primary N) is 2. The van der Waals surface area contributed by atoms with Crippen molar-refractivity contribution in [3.05, 3.63) is 40.8 Å². The van der Waals surface area contributed by atoms with Crippen molar-refractivity contribution in [1.82, 2.24) is 9.88 Å². The summed E-state index contributed by atoms with van der Waals surface area (Å²) in [4.78, 5) is 20.0. The highest BCUT2D eigenvalue weighted by atomic mass is 32.1. The Bertz CT molecular complexity index is 1070. The van der Waals surface area contributed by atoms with E-state index < -0.39 is 0 Å². The van der Waals surface area contributed by atoms with Gasteiger partial charge in [0.05, 0.1) is 18.9 Å². The quantitative estimate of drug-likeness (QED) is 0.706. The fourth-order valence-electron chi connectivity index (χ4n) is 3.25. The Kier molecular flexibility index (Phi) is 4.39. The van der Waals surface area contributed by atoms with Crippen LogP contribution in [0.3, 0.4) is 0 Å². The highest BCUT2D eigenvalue weighted by Gasteiger charge is 2.27. The first-order chi connectivity index (χ1) is 13.1. The monoisotopic (exact) mass is 379 g/mol. The fourth-order valence-corrected chi connectivity index (χ4v) is 4.33. The Morgan fingerprint density at radius 1 is 1.22 bits per heavy atom. The molecule has 3 heterocycles. The molecule has 0 radical (unpaired) electrons. The van der Waals surface area contributed by atoms with E-state index in [1.165, 1.54) is 11.3 Å². The van der Waals surface area contributed by atoms with Gasteiger partial charge in [-0.15, -0.1) is 11.3 Å². The van der Waals surface area contributed by atoms with Gasteiger partial charge in [-0.25, -0.2) is 4.98 Å². The fraction of sp³-hybridized carbons (Fsp3) is 0.211. The Hall–Kier alpha value is -3.15. The Morgan fingerprint density at radius 2 is 1.93 bits per heavy atom. The summed E-state index contributed by atoms with van der Waals surface area (Å²) in [7, 11) is 0. The van der Waals surface area contributed by atoms with Gasteiger partial charge in [0.15, 0.2) is 0 Å². The van der Waals surface area contributed by atoms with E-state index >= 15 is 0 Å². The molecule has 0 unspecified atom stereocenters. The summed E-state index contributed by atoms with van der Waals surface area (Å²) in [6.07, 6.45) is 0. The van der Waals surface area contributed by atoms with Crippen molar-refractivity contribution in [2.75, 3.05) is 37.8 Å². The van der Waals surface area contributed by atoms with E-state index in [1.807, 2.05) is 30.3 Å². The number of aromatic nitrogens is 1. The summed E-state index contributed by atoms with van der Waals surface area (Å²) in [6.45, 7) is 2.07. The Morgan fingerprint density at radius 3 is 2.59 bits per heavy atom. The van der Waals surface area contributed by atoms with Gasteiger partial charge in [-0.05, 0) is 5.56 Å². The maximum Gasteiger partial charge on any atom is 0.266 e. The van der Waals surface area contributed by atoms with Gasteiger partial charge in [0.1, 0.15) is 27.2 Å². The molecule has 0 atom stereocenters. The second-order valence-electron chi connectivity index (χ2n) is 6.15. The number of ether oxygens (including phenoxy) is 1. The zero-order valence-corrected chi connectivity index (χ0v) is 15.3. The molecule has 4 N–H and O–H groups in total. The minimum atomic E-state index is -0.144. The average molecular weight is 379 g/mol. The topological polar surface area (TPSA) is 118 Å². The van der Waals surface area contributed by atoms with Crippen molar-refractivity contribution >= 4 is 39.0 Å². The minimum absolute atomic E-state index is 0.135. The third kappa shape index (κ3) is 2.87. The summed E-state index contributed by atoms with van der Waals surface area (Å²) in [6, 6.07) is 11.5. The molecule has 1 saturated heterocycles. The van der Waals surface area contributed by atoms with Crippen molar-refractivity contribution in [1.29, 1.82) is 5.26 Å². The van der Waals surface area contributed by atoms with Crippen LogP contribution in [0, 0.1) is 11.3 Å². The number of benzene rings is 1. The van der Waals surface area contributed by atoms with Crippen LogP contribution in [0.15, 0.2) is 30.3 Å². The molecule has 0 aliphatic carbocycles. The zero-order chi connectivity index (χ0) is 19.0. The van der Waals surface area contributed by atoms with E-state index in [2.05, 4.69) is 11.1 Å². The lowest BCUT2D eigenvalue weighted by Crippen LogP contribution is -2.40. The first-order valence-corrected chi connectivity index (χ1v) is 9.27. The molecule has 0 bridgehead atoms. The summed E-state index contributed by atoms with van der Waals surface area (Å²) >= 11 is 1.21. The van der Waals surface area contributed by atoms with Crippen LogP contribution >= 0.6 is 11.3 Å². The summed E-state index contributed by atoms with van der Waals surface area (Å²) in [5.41, 5.74) is 14.5. The molecule has 136 valence electrons. The molecule has 1 aromatic carbocycles. The van der Waals surface area contributed by atoms with Crippen molar-refractivity contribution in [2.45, 2.75) is 0 Å². The first kappa shape index (κ1) is 17.3. The van der Waals surface area contributed by atoms with Crippen LogP contribution < -0.4 is 11.5 Å². The maximum atomic E-state index is 13.0. The Labute approximate surface area is 159 Å². The lowest BCUT2D eigenvalue weighted by molar-refractivity contribution is 0.0307. The highest BCUT2D eigenvalue weighted by molar-refractivity contribution is 7.21. The number of rotatable bonds is 2. The molecular formula is C19H17N5O2S. The van der Waals surface area contributed by atoms with Crippen molar-refractivity contribution in [3.63, 3.8) is 0 Å². The van der Waals surface area contributed by atoms with E-state index in [4.69, 9.17) is 16.2 Å². The Balaban J connectivity index is 1.95. The second-order valence-corrected chi connectivity index (χ2v) is 7.15. The number of nitrogens with zero attached hydrogens (tertiary/aromatic N) is 3. The van der Waals surface area contributed by atoms with Gasteiger partial charge >= 0.3 is 0 Å². The standard InChI is InChI=1S/C19H17N5O2S/c20-10-12-13(11-4-2-1-3-5-11)14-15(21)16(27-18(14)23-17(12)22)19(25)24-6-8-26-9-7-24/h1-5H,6-9,21H2,(H2,22,23). The molecule has 2 aromatic heterocycles. The van der Waals surface area contributed by atoms with E-state index in [-0.39, 0.29) is 17.3 Å². The van der Waals surface area contributed by atoms with Gasteiger partial charge in [-0.2, -0.15) is 5.26 Å².